The summed E-state index contributed by atoms with van der Waals surface area (Å²) in [6, 6.07) is 11.0. The van der Waals surface area contributed by atoms with Crippen LogP contribution in [-0.2, 0) is 13.0 Å². The molecule has 0 aliphatic carbocycles. The van der Waals surface area contributed by atoms with Crippen LogP contribution in [0.1, 0.15) is 22.9 Å². The average Bonchev–Trinajstić information content (AvgIpc) is 2.70. The molecule has 0 unspecified atom stereocenters. The van der Waals surface area contributed by atoms with Gasteiger partial charge in [-0.15, -0.1) is 11.3 Å². The standard InChI is InChI=1S/C15H19NS/c1-4-12-7-5-6-8-14(12)15-11(2)9-13(17-15)10-16-3/h5-9,16H,4,10H2,1-3H3. The minimum Gasteiger partial charge on any atom is -0.315 e. The summed E-state index contributed by atoms with van der Waals surface area (Å²) in [6.45, 7) is 5.38. The maximum Gasteiger partial charge on any atom is 0.0378 e. The maximum absolute atomic E-state index is 3.22. The number of rotatable bonds is 4. The van der Waals surface area contributed by atoms with Crippen molar-refractivity contribution in [1.29, 1.82) is 0 Å². The first-order chi connectivity index (χ1) is 8.26. The number of aryl methyl sites for hydroxylation is 2. The molecule has 0 saturated carbocycles. The molecule has 2 heteroatoms. The molecule has 0 aliphatic rings. The van der Waals surface area contributed by atoms with E-state index < -0.39 is 0 Å². The van der Waals surface area contributed by atoms with Crippen molar-refractivity contribution in [2.45, 2.75) is 26.8 Å². The zero-order valence-corrected chi connectivity index (χ0v) is 11.5. The molecule has 0 bridgehead atoms. The minimum absolute atomic E-state index is 0.958. The second kappa shape index (κ2) is 5.48. The van der Waals surface area contributed by atoms with Crippen molar-refractivity contribution in [3.63, 3.8) is 0 Å². The summed E-state index contributed by atoms with van der Waals surface area (Å²) in [4.78, 5) is 2.83. The Morgan fingerprint density at radius 3 is 2.71 bits per heavy atom. The molecule has 1 aromatic heterocycles. The number of hydrogen-bond donors (Lipinski definition) is 1. The van der Waals surface area contributed by atoms with Crippen LogP contribution < -0.4 is 5.32 Å². The van der Waals surface area contributed by atoms with Crippen LogP contribution >= 0.6 is 11.3 Å². The summed E-state index contributed by atoms with van der Waals surface area (Å²) < 4.78 is 0. The fourth-order valence-electron chi connectivity index (χ4n) is 2.13. The predicted molar refractivity (Wildman–Crippen MR) is 76.6 cm³/mol. The second-order valence-electron chi connectivity index (χ2n) is 4.27. The lowest BCUT2D eigenvalue weighted by Gasteiger charge is -2.06. The van der Waals surface area contributed by atoms with E-state index in [0.717, 1.165) is 13.0 Å². The topological polar surface area (TPSA) is 12.0 Å². The Hall–Kier alpha value is -1.12. The Bertz CT molecular complexity index is 499. The minimum atomic E-state index is 0.958. The van der Waals surface area contributed by atoms with Crippen LogP contribution in [0.3, 0.4) is 0 Å². The van der Waals surface area contributed by atoms with Gasteiger partial charge < -0.3 is 5.32 Å². The van der Waals surface area contributed by atoms with E-state index >= 15 is 0 Å². The highest BCUT2D eigenvalue weighted by Gasteiger charge is 2.10. The van der Waals surface area contributed by atoms with Crippen molar-refractivity contribution in [3.05, 3.63) is 46.3 Å². The second-order valence-corrected chi connectivity index (χ2v) is 5.40. The van der Waals surface area contributed by atoms with Crippen LogP contribution in [0.25, 0.3) is 10.4 Å². The van der Waals surface area contributed by atoms with Gasteiger partial charge in [0.05, 0.1) is 0 Å². The van der Waals surface area contributed by atoms with Gasteiger partial charge in [-0.3, -0.25) is 0 Å². The summed E-state index contributed by atoms with van der Waals surface area (Å²) in [6.07, 6.45) is 1.09. The van der Waals surface area contributed by atoms with Crippen LogP contribution in [-0.4, -0.2) is 7.05 Å². The molecular formula is C15H19NS. The van der Waals surface area contributed by atoms with Gasteiger partial charge in [0.2, 0.25) is 0 Å². The van der Waals surface area contributed by atoms with Crippen molar-refractivity contribution in [1.82, 2.24) is 5.32 Å². The Labute approximate surface area is 108 Å². The molecule has 0 saturated heterocycles. The van der Waals surface area contributed by atoms with Gasteiger partial charge >= 0.3 is 0 Å². The van der Waals surface area contributed by atoms with Crippen molar-refractivity contribution in [2.24, 2.45) is 0 Å². The van der Waals surface area contributed by atoms with Gasteiger partial charge in [0.15, 0.2) is 0 Å². The zero-order chi connectivity index (χ0) is 12.3. The Balaban J connectivity index is 2.45. The van der Waals surface area contributed by atoms with Gasteiger partial charge in [-0.2, -0.15) is 0 Å². The molecule has 2 rings (SSSR count). The summed E-state index contributed by atoms with van der Waals surface area (Å²) in [5, 5.41) is 3.22. The summed E-state index contributed by atoms with van der Waals surface area (Å²) in [5.41, 5.74) is 4.23. The molecular weight excluding hydrogens is 226 g/mol. The van der Waals surface area contributed by atoms with Crippen LogP contribution in [0, 0.1) is 6.92 Å². The Morgan fingerprint density at radius 2 is 2.00 bits per heavy atom. The smallest absolute Gasteiger partial charge is 0.0378 e. The van der Waals surface area contributed by atoms with Crippen molar-refractivity contribution < 1.29 is 0 Å². The highest BCUT2D eigenvalue weighted by molar-refractivity contribution is 7.15. The van der Waals surface area contributed by atoms with E-state index in [1.54, 1.807) is 0 Å². The van der Waals surface area contributed by atoms with Gasteiger partial charge in [0.25, 0.3) is 0 Å². The van der Waals surface area contributed by atoms with Crippen molar-refractivity contribution in [3.8, 4) is 10.4 Å². The number of hydrogen-bond acceptors (Lipinski definition) is 2. The molecule has 2 aromatic rings. The van der Waals surface area contributed by atoms with Gasteiger partial charge in [-0.25, -0.2) is 0 Å². The highest BCUT2D eigenvalue weighted by atomic mass is 32.1. The molecule has 0 aliphatic heterocycles. The summed E-state index contributed by atoms with van der Waals surface area (Å²) in [5.74, 6) is 0. The third-order valence-electron chi connectivity index (χ3n) is 2.96. The van der Waals surface area contributed by atoms with E-state index in [9.17, 15) is 0 Å². The average molecular weight is 245 g/mol. The van der Waals surface area contributed by atoms with E-state index in [-0.39, 0.29) is 0 Å². The normalized spacial score (nSPS) is 10.8. The lowest BCUT2D eigenvalue weighted by atomic mass is 10.0. The molecule has 90 valence electrons. The Morgan fingerprint density at radius 1 is 1.24 bits per heavy atom. The van der Waals surface area contributed by atoms with E-state index in [0.29, 0.717) is 0 Å². The molecule has 1 heterocycles. The van der Waals surface area contributed by atoms with Gasteiger partial charge in [0, 0.05) is 16.3 Å². The molecule has 1 nitrogen and oxygen atoms in total. The lowest BCUT2D eigenvalue weighted by Crippen LogP contribution is -2.02. The molecule has 0 amide bonds. The third kappa shape index (κ3) is 2.59. The van der Waals surface area contributed by atoms with Gasteiger partial charge in [0.1, 0.15) is 0 Å². The van der Waals surface area contributed by atoms with E-state index in [1.807, 2.05) is 18.4 Å². The molecule has 0 fully saturated rings. The zero-order valence-electron chi connectivity index (χ0n) is 10.7. The largest absolute Gasteiger partial charge is 0.315 e. The first-order valence-corrected chi connectivity index (χ1v) is 6.90. The molecule has 1 N–H and O–H groups in total. The quantitative estimate of drug-likeness (QED) is 0.858. The fourth-order valence-corrected chi connectivity index (χ4v) is 3.37. The first kappa shape index (κ1) is 12.3. The molecule has 1 aromatic carbocycles. The van der Waals surface area contributed by atoms with E-state index in [1.165, 1.54) is 26.4 Å². The molecule has 0 radical (unpaired) electrons. The van der Waals surface area contributed by atoms with Crippen LogP contribution in [0.5, 0.6) is 0 Å². The van der Waals surface area contributed by atoms with Crippen molar-refractivity contribution >= 4 is 11.3 Å². The SMILES string of the molecule is CCc1ccccc1-c1sc(CNC)cc1C. The van der Waals surface area contributed by atoms with E-state index in [4.69, 9.17) is 0 Å². The Kier molecular flexibility index (Phi) is 3.97. The van der Waals surface area contributed by atoms with Crippen LogP contribution in [0.4, 0.5) is 0 Å². The van der Waals surface area contributed by atoms with E-state index in [2.05, 4.69) is 49.5 Å². The van der Waals surface area contributed by atoms with Gasteiger partial charge in [-0.1, -0.05) is 31.2 Å². The maximum atomic E-state index is 3.22. The third-order valence-corrected chi connectivity index (χ3v) is 4.23. The number of benzene rings is 1. The lowest BCUT2D eigenvalue weighted by molar-refractivity contribution is 0.831. The monoisotopic (exact) mass is 245 g/mol. The predicted octanol–water partition coefficient (Wildman–Crippen LogP) is 4.01. The van der Waals surface area contributed by atoms with Crippen LogP contribution in [0.2, 0.25) is 0 Å². The van der Waals surface area contributed by atoms with Gasteiger partial charge in [-0.05, 0) is 43.1 Å². The molecule has 0 spiro atoms. The highest BCUT2D eigenvalue weighted by Crippen LogP contribution is 2.34. The van der Waals surface area contributed by atoms with Crippen molar-refractivity contribution in [2.75, 3.05) is 7.05 Å². The number of thiophene rings is 1. The summed E-state index contributed by atoms with van der Waals surface area (Å²) >= 11 is 1.90. The molecule has 0 atom stereocenters. The fraction of sp³-hybridized carbons (Fsp3) is 0.333. The first-order valence-electron chi connectivity index (χ1n) is 6.08. The summed E-state index contributed by atoms with van der Waals surface area (Å²) in [7, 11) is 1.99. The molecule has 17 heavy (non-hydrogen) atoms. The number of nitrogens with one attached hydrogen (secondary N) is 1. The van der Waals surface area contributed by atoms with Crippen LogP contribution in [0.15, 0.2) is 30.3 Å².